The summed E-state index contributed by atoms with van der Waals surface area (Å²) in [4.78, 5) is 22.3. The Kier molecular flexibility index (Phi) is 3.49. The van der Waals surface area contributed by atoms with Crippen LogP contribution in [-0.4, -0.2) is 26.9 Å². The molecule has 88 valence electrons. The Morgan fingerprint density at radius 3 is 2.88 bits per heavy atom. The van der Waals surface area contributed by atoms with Crippen LogP contribution < -0.4 is 5.32 Å². The van der Waals surface area contributed by atoms with Crippen LogP contribution in [0.3, 0.4) is 0 Å². The smallest absolute Gasteiger partial charge is 0.343 e. The first kappa shape index (κ1) is 11.7. The molecule has 7 nitrogen and oxygen atoms in total. The van der Waals surface area contributed by atoms with Crippen molar-refractivity contribution in [1.29, 1.82) is 0 Å². The molecule has 0 amide bonds. The molecule has 0 aromatic carbocycles. The second-order valence-corrected chi connectivity index (χ2v) is 4.91. The largest absolute Gasteiger partial charge is 0.367 e. The second kappa shape index (κ2) is 5.06. The molecule has 1 N–H and O–H groups in total. The van der Waals surface area contributed by atoms with Crippen LogP contribution in [0.25, 0.3) is 0 Å². The Morgan fingerprint density at radius 1 is 1.47 bits per heavy atom. The Balaban J connectivity index is 2.42. The lowest BCUT2D eigenvalue weighted by atomic mass is 10.5. The average molecular weight is 269 g/mol. The van der Waals surface area contributed by atoms with Gasteiger partial charge in [-0.05, 0) is 11.8 Å². The van der Waals surface area contributed by atoms with Crippen molar-refractivity contribution in [3.63, 3.8) is 0 Å². The van der Waals surface area contributed by atoms with Crippen LogP contribution >= 0.6 is 23.1 Å². The van der Waals surface area contributed by atoms with Crippen molar-refractivity contribution in [3.8, 4) is 0 Å². The molecule has 2 rings (SSSR count). The molecule has 9 heteroatoms. The highest BCUT2D eigenvalue weighted by Gasteiger charge is 2.23. The van der Waals surface area contributed by atoms with E-state index in [2.05, 4.69) is 20.3 Å². The van der Waals surface area contributed by atoms with Gasteiger partial charge in [0.2, 0.25) is 5.82 Å². The van der Waals surface area contributed by atoms with Crippen molar-refractivity contribution in [2.75, 3.05) is 12.4 Å². The molecule has 17 heavy (non-hydrogen) atoms. The minimum Gasteiger partial charge on any atom is -0.367 e. The molecule has 0 bridgehead atoms. The normalized spacial score (nSPS) is 10.2. The Labute approximate surface area is 104 Å². The Bertz CT molecular complexity index is 531. The molecule has 0 atom stereocenters. The first-order chi connectivity index (χ1) is 8.22. The quantitative estimate of drug-likeness (QED) is 0.515. The number of nitrogens with one attached hydrogen (secondary N) is 1. The predicted molar refractivity (Wildman–Crippen MR) is 64.5 cm³/mol. The van der Waals surface area contributed by atoms with E-state index in [1.807, 2.05) is 0 Å². The van der Waals surface area contributed by atoms with Crippen molar-refractivity contribution >= 4 is 34.6 Å². The van der Waals surface area contributed by atoms with Gasteiger partial charge in [0, 0.05) is 18.6 Å². The summed E-state index contributed by atoms with van der Waals surface area (Å²) in [5.41, 5.74) is -0.129. The maximum absolute atomic E-state index is 11.0. The number of nitrogens with zero attached hydrogens (tertiary/aromatic N) is 4. The van der Waals surface area contributed by atoms with E-state index in [-0.39, 0.29) is 16.5 Å². The molecular formula is C8H7N5O2S2. The van der Waals surface area contributed by atoms with E-state index in [4.69, 9.17) is 0 Å². The zero-order valence-corrected chi connectivity index (χ0v) is 10.3. The lowest BCUT2D eigenvalue weighted by Crippen LogP contribution is -2.02. The van der Waals surface area contributed by atoms with E-state index in [1.54, 1.807) is 18.6 Å². The number of hydrogen-bond acceptors (Lipinski definition) is 8. The third kappa shape index (κ3) is 2.50. The van der Waals surface area contributed by atoms with Crippen molar-refractivity contribution in [2.24, 2.45) is 0 Å². The fourth-order valence-electron chi connectivity index (χ4n) is 1.13. The average Bonchev–Trinajstić information content (AvgIpc) is 2.81. The van der Waals surface area contributed by atoms with Crippen molar-refractivity contribution in [1.82, 2.24) is 15.0 Å². The van der Waals surface area contributed by atoms with Gasteiger partial charge in [-0.25, -0.2) is 15.0 Å². The second-order valence-electron chi connectivity index (χ2n) is 2.78. The maximum atomic E-state index is 11.0. The zero-order valence-electron chi connectivity index (χ0n) is 8.65. The number of hydrogen-bond donors (Lipinski definition) is 1. The molecule has 0 aliphatic rings. The lowest BCUT2D eigenvalue weighted by Gasteiger charge is -2.03. The van der Waals surface area contributed by atoms with Gasteiger partial charge in [0.25, 0.3) is 0 Å². The van der Waals surface area contributed by atoms with Gasteiger partial charge in [-0.3, -0.25) is 10.1 Å². The summed E-state index contributed by atoms with van der Waals surface area (Å²) in [7, 11) is 1.58. The van der Waals surface area contributed by atoms with E-state index in [9.17, 15) is 10.1 Å². The molecule has 2 heterocycles. The van der Waals surface area contributed by atoms with Gasteiger partial charge < -0.3 is 5.32 Å². The Hall–Kier alpha value is -1.74. The molecule has 0 aliphatic carbocycles. The van der Waals surface area contributed by atoms with Gasteiger partial charge in [-0.2, -0.15) is 0 Å². The molecule has 0 radical (unpaired) electrons. The van der Waals surface area contributed by atoms with Crippen molar-refractivity contribution < 1.29 is 4.92 Å². The lowest BCUT2D eigenvalue weighted by molar-refractivity contribution is -0.387. The third-order valence-electron chi connectivity index (χ3n) is 1.80. The summed E-state index contributed by atoms with van der Waals surface area (Å²) in [6.07, 6.45) is 2.92. The van der Waals surface area contributed by atoms with Crippen LogP contribution in [0.15, 0.2) is 27.3 Å². The first-order valence-electron chi connectivity index (χ1n) is 4.47. The zero-order chi connectivity index (χ0) is 12.3. The van der Waals surface area contributed by atoms with Crippen LogP contribution in [0.2, 0.25) is 0 Å². The minimum atomic E-state index is -0.498. The number of nitro groups is 1. The predicted octanol–water partition coefficient (Wildman–Crippen LogP) is 2.03. The van der Waals surface area contributed by atoms with Crippen molar-refractivity contribution in [2.45, 2.75) is 9.37 Å². The van der Waals surface area contributed by atoms with Crippen molar-refractivity contribution in [3.05, 3.63) is 28.0 Å². The minimum absolute atomic E-state index is 0.129. The van der Waals surface area contributed by atoms with Gasteiger partial charge in [0.1, 0.15) is 6.33 Å². The fourth-order valence-corrected chi connectivity index (χ4v) is 2.73. The standard InChI is InChI=1S/C8H7N5O2S2/c1-9-6-5(13(14)15)7(12-4-11-6)17-8-10-2-3-16-8/h2-4H,1H3,(H,9,11,12). The van der Waals surface area contributed by atoms with Gasteiger partial charge in [0.05, 0.1) is 4.92 Å². The van der Waals surface area contributed by atoms with Crippen LogP contribution in [0.5, 0.6) is 0 Å². The summed E-state index contributed by atoms with van der Waals surface area (Å²) in [5, 5.41) is 15.7. The van der Waals surface area contributed by atoms with Gasteiger partial charge in [0.15, 0.2) is 9.37 Å². The van der Waals surface area contributed by atoms with E-state index >= 15 is 0 Å². The summed E-state index contributed by atoms with van der Waals surface area (Å²) in [6.45, 7) is 0. The van der Waals surface area contributed by atoms with Gasteiger partial charge in [-0.1, -0.05) is 0 Å². The molecule has 0 saturated carbocycles. The number of anilines is 1. The topological polar surface area (TPSA) is 93.8 Å². The highest BCUT2D eigenvalue weighted by atomic mass is 32.2. The third-order valence-corrected chi connectivity index (χ3v) is 3.68. The van der Waals surface area contributed by atoms with E-state index in [1.165, 1.54) is 17.7 Å². The molecule has 2 aromatic heterocycles. The summed E-state index contributed by atoms with van der Waals surface area (Å²) in [5.74, 6) is 0.198. The highest BCUT2D eigenvalue weighted by molar-refractivity contribution is 8.01. The van der Waals surface area contributed by atoms with Crippen LogP contribution in [0, 0.1) is 10.1 Å². The van der Waals surface area contributed by atoms with Gasteiger partial charge >= 0.3 is 5.69 Å². The van der Waals surface area contributed by atoms with Crippen LogP contribution in [0.4, 0.5) is 11.5 Å². The highest BCUT2D eigenvalue weighted by Crippen LogP contribution is 2.36. The van der Waals surface area contributed by atoms with E-state index in [0.717, 1.165) is 11.8 Å². The SMILES string of the molecule is CNc1ncnc(Sc2nccs2)c1[N+](=O)[O-]. The number of aromatic nitrogens is 3. The summed E-state index contributed by atoms with van der Waals surface area (Å²) >= 11 is 2.55. The van der Waals surface area contributed by atoms with Gasteiger partial charge in [-0.15, -0.1) is 11.3 Å². The molecule has 0 spiro atoms. The summed E-state index contributed by atoms with van der Waals surface area (Å²) < 4.78 is 0.703. The number of thiazole rings is 1. The molecular weight excluding hydrogens is 262 g/mol. The summed E-state index contributed by atoms with van der Waals surface area (Å²) in [6, 6.07) is 0. The molecule has 0 unspecified atom stereocenters. The fraction of sp³-hybridized carbons (Fsp3) is 0.125. The van der Waals surface area contributed by atoms with E-state index in [0.29, 0.717) is 4.34 Å². The molecule has 0 saturated heterocycles. The van der Waals surface area contributed by atoms with Crippen LogP contribution in [0.1, 0.15) is 0 Å². The maximum Gasteiger partial charge on any atom is 0.343 e. The Morgan fingerprint density at radius 2 is 2.29 bits per heavy atom. The number of rotatable bonds is 4. The first-order valence-corrected chi connectivity index (χ1v) is 6.16. The molecule has 0 fully saturated rings. The van der Waals surface area contributed by atoms with Crippen LogP contribution in [-0.2, 0) is 0 Å². The van der Waals surface area contributed by atoms with E-state index < -0.39 is 4.92 Å². The molecule has 2 aromatic rings. The molecule has 0 aliphatic heterocycles. The monoisotopic (exact) mass is 269 g/mol.